The molecule has 1 heterocycles. The minimum absolute atomic E-state index is 0.697. The Bertz CT molecular complexity index is 717. The smallest absolute Gasteiger partial charge is 0.198 e. The highest BCUT2D eigenvalue weighted by Crippen LogP contribution is 2.23. The second-order valence-corrected chi connectivity index (χ2v) is 4.86. The van der Waals surface area contributed by atoms with Crippen LogP contribution < -0.4 is 5.73 Å². The van der Waals surface area contributed by atoms with Crippen LogP contribution in [0.3, 0.4) is 0 Å². The van der Waals surface area contributed by atoms with E-state index in [0.29, 0.717) is 12.3 Å². The number of anilines is 1. The Morgan fingerprint density at radius 1 is 1.10 bits per heavy atom. The van der Waals surface area contributed by atoms with Gasteiger partial charge in [-0.1, -0.05) is 42.5 Å². The molecule has 0 unspecified atom stereocenters. The van der Waals surface area contributed by atoms with E-state index in [9.17, 15) is 0 Å². The number of nitrogens with zero attached hydrogens (tertiary/aromatic N) is 1. The molecule has 0 bridgehead atoms. The highest BCUT2D eigenvalue weighted by molar-refractivity contribution is 5.65. The molecule has 0 atom stereocenters. The van der Waals surface area contributed by atoms with Gasteiger partial charge in [0.15, 0.2) is 5.89 Å². The molecule has 3 heteroatoms. The van der Waals surface area contributed by atoms with Crippen molar-refractivity contribution in [2.24, 2.45) is 0 Å². The van der Waals surface area contributed by atoms with Crippen molar-refractivity contribution in [3.05, 3.63) is 71.8 Å². The first-order valence-corrected chi connectivity index (χ1v) is 6.57. The number of benzene rings is 2. The van der Waals surface area contributed by atoms with Crippen LogP contribution in [0, 0.1) is 6.92 Å². The molecular formula is C17H16N2O. The summed E-state index contributed by atoms with van der Waals surface area (Å²) in [5, 5.41) is 0. The average Bonchev–Trinajstić information content (AvgIpc) is 2.91. The first-order valence-electron chi connectivity index (χ1n) is 6.57. The quantitative estimate of drug-likeness (QED) is 0.731. The van der Waals surface area contributed by atoms with E-state index in [0.717, 1.165) is 22.5 Å². The van der Waals surface area contributed by atoms with Crippen molar-refractivity contribution in [1.29, 1.82) is 0 Å². The Hall–Kier alpha value is -2.55. The zero-order valence-corrected chi connectivity index (χ0v) is 11.3. The summed E-state index contributed by atoms with van der Waals surface area (Å²) in [7, 11) is 0. The molecule has 0 amide bonds. The number of hydrogen-bond donors (Lipinski definition) is 1. The van der Waals surface area contributed by atoms with E-state index in [2.05, 4.69) is 17.1 Å². The lowest BCUT2D eigenvalue weighted by Gasteiger charge is -2.01. The molecule has 3 aromatic rings. The SMILES string of the molecule is Cc1ccc(-c2coc(Cc3ccccc3)n2)cc1N. The Morgan fingerprint density at radius 3 is 2.65 bits per heavy atom. The first-order chi connectivity index (χ1) is 9.72. The van der Waals surface area contributed by atoms with Crippen LogP contribution in [0.25, 0.3) is 11.3 Å². The maximum atomic E-state index is 5.93. The maximum absolute atomic E-state index is 5.93. The third kappa shape index (κ3) is 2.57. The molecule has 0 aliphatic carbocycles. The van der Waals surface area contributed by atoms with Gasteiger partial charge in [-0.2, -0.15) is 0 Å². The second-order valence-electron chi connectivity index (χ2n) is 4.86. The molecule has 2 N–H and O–H groups in total. The summed E-state index contributed by atoms with van der Waals surface area (Å²) in [5.74, 6) is 0.713. The van der Waals surface area contributed by atoms with Crippen LogP contribution in [0.15, 0.2) is 59.2 Å². The molecule has 0 spiro atoms. The lowest BCUT2D eigenvalue weighted by atomic mass is 10.1. The molecule has 20 heavy (non-hydrogen) atoms. The molecule has 3 nitrogen and oxygen atoms in total. The Morgan fingerprint density at radius 2 is 1.90 bits per heavy atom. The highest BCUT2D eigenvalue weighted by Gasteiger charge is 2.08. The van der Waals surface area contributed by atoms with Gasteiger partial charge >= 0.3 is 0 Å². The minimum Gasteiger partial charge on any atom is -0.448 e. The standard InChI is InChI=1S/C17H16N2O/c1-12-7-8-14(10-15(12)18)16-11-20-17(19-16)9-13-5-3-2-4-6-13/h2-8,10-11H,9,18H2,1H3. The van der Waals surface area contributed by atoms with Crippen LogP contribution in [-0.4, -0.2) is 4.98 Å². The fraction of sp³-hybridized carbons (Fsp3) is 0.118. The summed E-state index contributed by atoms with van der Waals surface area (Å²) < 4.78 is 5.54. The molecule has 0 saturated heterocycles. The van der Waals surface area contributed by atoms with Crippen molar-refractivity contribution in [1.82, 2.24) is 4.98 Å². The summed E-state index contributed by atoms with van der Waals surface area (Å²) in [5.41, 5.74) is 10.8. The maximum Gasteiger partial charge on any atom is 0.198 e. The predicted molar refractivity (Wildman–Crippen MR) is 80.3 cm³/mol. The lowest BCUT2D eigenvalue weighted by Crippen LogP contribution is -1.91. The van der Waals surface area contributed by atoms with Crippen molar-refractivity contribution in [3.63, 3.8) is 0 Å². The van der Waals surface area contributed by atoms with Crippen molar-refractivity contribution in [2.75, 3.05) is 5.73 Å². The van der Waals surface area contributed by atoms with Gasteiger partial charge < -0.3 is 10.2 Å². The topological polar surface area (TPSA) is 52.0 Å². The summed E-state index contributed by atoms with van der Waals surface area (Å²) in [6.45, 7) is 1.99. The summed E-state index contributed by atoms with van der Waals surface area (Å²) in [6.07, 6.45) is 2.38. The van der Waals surface area contributed by atoms with Crippen LogP contribution >= 0.6 is 0 Å². The summed E-state index contributed by atoms with van der Waals surface area (Å²) in [4.78, 5) is 4.52. The third-order valence-corrected chi connectivity index (χ3v) is 3.32. The molecule has 0 saturated carbocycles. The van der Waals surface area contributed by atoms with Crippen LogP contribution in [-0.2, 0) is 6.42 Å². The van der Waals surface area contributed by atoms with Gasteiger partial charge in [0.05, 0.1) is 0 Å². The lowest BCUT2D eigenvalue weighted by molar-refractivity contribution is 0.507. The number of aromatic nitrogens is 1. The fourth-order valence-corrected chi connectivity index (χ4v) is 2.09. The van der Waals surface area contributed by atoms with Gasteiger partial charge in [0, 0.05) is 17.7 Å². The zero-order valence-electron chi connectivity index (χ0n) is 11.3. The van der Waals surface area contributed by atoms with E-state index >= 15 is 0 Å². The molecule has 0 fully saturated rings. The van der Waals surface area contributed by atoms with Crippen molar-refractivity contribution < 1.29 is 4.42 Å². The molecule has 0 radical (unpaired) electrons. The second kappa shape index (κ2) is 5.21. The number of oxazole rings is 1. The van der Waals surface area contributed by atoms with E-state index in [4.69, 9.17) is 10.2 Å². The Kier molecular flexibility index (Phi) is 3.25. The largest absolute Gasteiger partial charge is 0.448 e. The third-order valence-electron chi connectivity index (χ3n) is 3.32. The van der Waals surface area contributed by atoms with E-state index < -0.39 is 0 Å². The average molecular weight is 264 g/mol. The Labute approximate surface area is 118 Å². The van der Waals surface area contributed by atoms with E-state index in [1.165, 1.54) is 5.56 Å². The van der Waals surface area contributed by atoms with Crippen molar-refractivity contribution >= 4 is 5.69 Å². The normalized spacial score (nSPS) is 10.7. The number of nitrogens with two attached hydrogens (primary N) is 1. The minimum atomic E-state index is 0.697. The van der Waals surface area contributed by atoms with Gasteiger partial charge in [-0.3, -0.25) is 0 Å². The summed E-state index contributed by atoms with van der Waals surface area (Å²) in [6, 6.07) is 16.1. The number of nitrogen functional groups attached to an aromatic ring is 1. The molecule has 0 aliphatic rings. The van der Waals surface area contributed by atoms with Crippen LogP contribution in [0.1, 0.15) is 17.0 Å². The van der Waals surface area contributed by atoms with E-state index in [-0.39, 0.29) is 0 Å². The van der Waals surface area contributed by atoms with Crippen molar-refractivity contribution in [2.45, 2.75) is 13.3 Å². The Balaban J connectivity index is 1.84. The predicted octanol–water partition coefficient (Wildman–Crippen LogP) is 3.82. The number of rotatable bonds is 3. The molecule has 0 aliphatic heterocycles. The van der Waals surface area contributed by atoms with E-state index in [1.807, 2.05) is 43.3 Å². The van der Waals surface area contributed by atoms with Gasteiger partial charge in [0.1, 0.15) is 12.0 Å². The first kappa shape index (κ1) is 12.5. The molecule has 1 aromatic heterocycles. The van der Waals surface area contributed by atoms with Crippen LogP contribution in [0.4, 0.5) is 5.69 Å². The molecule has 3 rings (SSSR count). The number of hydrogen-bond acceptors (Lipinski definition) is 3. The zero-order chi connectivity index (χ0) is 13.9. The van der Waals surface area contributed by atoms with Gasteiger partial charge in [-0.15, -0.1) is 0 Å². The monoisotopic (exact) mass is 264 g/mol. The van der Waals surface area contributed by atoms with Gasteiger partial charge in [-0.25, -0.2) is 4.98 Å². The van der Waals surface area contributed by atoms with Gasteiger partial charge in [-0.05, 0) is 24.1 Å². The molecular weight excluding hydrogens is 248 g/mol. The fourth-order valence-electron chi connectivity index (χ4n) is 2.09. The highest BCUT2D eigenvalue weighted by atomic mass is 16.3. The van der Waals surface area contributed by atoms with E-state index in [1.54, 1.807) is 6.26 Å². The molecule has 100 valence electrons. The van der Waals surface area contributed by atoms with Gasteiger partial charge in [0.2, 0.25) is 0 Å². The van der Waals surface area contributed by atoms with Crippen molar-refractivity contribution in [3.8, 4) is 11.3 Å². The van der Waals surface area contributed by atoms with Gasteiger partial charge in [0.25, 0.3) is 0 Å². The van der Waals surface area contributed by atoms with Crippen LogP contribution in [0.5, 0.6) is 0 Å². The summed E-state index contributed by atoms with van der Waals surface area (Å²) >= 11 is 0. The number of aryl methyl sites for hydroxylation is 1. The van der Waals surface area contributed by atoms with Crippen LogP contribution in [0.2, 0.25) is 0 Å². The molecule has 2 aromatic carbocycles.